The molecule has 4 nitrogen and oxygen atoms in total. The Morgan fingerprint density at radius 2 is 2.20 bits per heavy atom. The minimum Gasteiger partial charge on any atom is -0.318 e. The average molecular weight is 227 g/mol. The van der Waals surface area contributed by atoms with Crippen molar-refractivity contribution < 1.29 is 4.79 Å². The first kappa shape index (κ1) is 12.1. The van der Waals surface area contributed by atoms with Crippen molar-refractivity contribution in [3.63, 3.8) is 0 Å². The zero-order valence-corrected chi connectivity index (χ0v) is 10.3. The predicted octanol–water partition coefficient (Wildman–Crippen LogP) is 1.94. The third-order valence-electron chi connectivity index (χ3n) is 1.90. The monoisotopic (exact) mass is 227 g/mol. The topological polar surface area (TPSA) is 68.0 Å². The second-order valence-electron chi connectivity index (χ2n) is 4.40. The van der Waals surface area contributed by atoms with Crippen molar-refractivity contribution in [1.29, 1.82) is 0 Å². The molecule has 1 aromatic heterocycles. The van der Waals surface area contributed by atoms with Crippen molar-refractivity contribution in [1.82, 2.24) is 4.98 Å². The van der Waals surface area contributed by atoms with Gasteiger partial charge in [-0.25, -0.2) is 4.98 Å². The first-order chi connectivity index (χ1) is 6.80. The Morgan fingerprint density at radius 3 is 2.60 bits per heavy atom. The van der Waals surface area contributed by atoms with Crippen molar-refractivity contribution in [3.8, 4) is 0 Å². The Morgan fingerprint density at radius 1 is 1.60 bits per heavy atom. The van der Waals surface area contributed by atoms with Gasteiger partial charge in [0.1, 0.15) is 0 Å². The molecule has 3 N–H and O–H groups in total. The molecule has 0 saturated carbocycles. The molecule has 0 aliphatic carbocycles. The van der Waals surface area contributed by atoms with Crippen LogP contribution in [0.2, 0.25) is 0 Å². The summed E-state index contributed by atoms with van der Waals surface area (Å²) in [4.78, 5) is 16.8. The zero-order valence-electron chi connectivity index (χ0n) is 9.50. The minimum atomic E-state index is -0.871. The summed E-state index contributed by atoms with van der Waals surface area (Å²) in [6.07, 6.45) is 1.79. The summed E-state index contributed by atoms with van der Waals surface area (Å²) < 4.78 is 0. The molecule has 0 aliphatic heterocycles. The highest BCUT2D eigenvalue weighted by molar-refractivity contribution is 7.15. The van der Waals surface area contributed by atoms with Gasteiger partial charge < -0.3 is 11.1 Å². The molecule has 1 amide bonds. The van der Waals surface area contributed by atoms with E-state index in [9.17, 15) is 4.79 Å². The summed E-state index contributed by atoms with van der Waals surface area (Å²) in [7, 11) is 0. The molecule has 1 heterocycles. The van der Waals surface area contributed by atoms with Gasteiger partial charge in [0.05, 0.1) is 5.54 Å². The number of aromatic nitrogens is 1. The lowest BCUT2D eigenvalue weighted by molar-refractivity contribution is -0.120. The number of carbonyl (C=O) groups excluding carboxylic acids is 1. The molecule has 0 radical (unpaired) electrons. The van der Waals surface area contributed by atoms with E-state index < -0.39 is 5.54 Å². The molecule has 5 heteroatoms. The van der Waals surface area contributed by atoms with Crippen molar-refractivity contribution in [2.24, 2.45) is 5.73 Å². The minimum absolute atomic E-state index is 0.216. The van der Waals surface area contributed by atoms with Crippen LogP contribution in [0.5, 0.6) is 0 Å². The average Bonchev–Trinajstić information content (AvgIpc) is 2.50. The zero-order chi connectivity index (χ0) is 11.6. The first-order valence-corrected chi connectivity index (χ1v) is 5.68. The van der Waals surface area contributed by atoms with Crippen LogP contribution in [0.15, 0.2) is 6.20 Å². The molecule has 0 bridgehead atoms. The van der Waals surface area contributed by atoms with Gasteiger partial charge in [0.2, 0.25) is 5.91 Å². The van der Waals surface area contributed by atoms with Gasteiger partial charge in [0.25, 0.3) is 0 Å². The van der Waals surface area contributed by atoms with E-state index in [-0.39, 0.29) is 5.91 Å². The van der Waals surface area contributed by atoms with E-state index >= 15 is 0 Å². The van der Waals surface area contributed by atoms with E-state index in [2.05, 4.69) is 24.1 Å². The molecular formula is C10H17N3OS. The maximum absolute atomic E-state index is 11.5. The van der Waals surface area contributed by atoms with Crippen LogP contribution in [0.3, 0.4) is 0 Å². The lowest BCUT2D eigenvalue weighted by Gasteiger charge is -2.16. The Hall–Kier alpha value is -0.940. The smallest absolute Gasteiger partial charge is 0.245 e. The summed E-state index contributed by atoms with van der Waals surface area (Å²) in [6, 6.07) is 0. The summed E-state index contributed by atoms with van der Waals surface area (Å²) >= 11 is 1.49. The van der Waals surface area contributed by atoms with Crippen LogP contribution in [0.25, 0.3) is 0 Å². The van der Waals surface area contributed by atoms with E-state index in [1.54, 1.807) is 20.0 Å². The van der Waals surface area contributed by atoms with Gasteiger partial charge in [-0.15, -0.1) is 11.3 Å². The standard InChI is InChI=1S/C10H17N3OS/c1-6(2)7-5-12-9(15-7)13-8(14)10(3,4)11/h5-6H,11H2,1-4H3,(H,12,13,14). The quantitative estimate of drug-likeness (QED) is 0.829. The molecule has 84 valence electrons. The summed E-state index contributed by atoms with van der Waals surface area (Å²) in [5, 5.41) is 3.31. The van der Waals surface area contributed by atoms with Gasteiger partial charge in [0, 0.05) is 11.1 Å². The van der Waals surface area contributed by atoms with Crippen molar-refractivity contribution in [3.05, 3.63) is 11.1 Å². The third kappa shape index (κ3) is 3.28. The lowest BCUT2D eigenvalue weighted by Crippen LogP contribution is -2.45. The maximum atomic E-state index is 11.5. The Labute approximate surface area is 93.9 Å². The summed E-state index contributed by atoms with van der Waals surface area (Å²) in [6.45, 7) is 7.51. The van der Waals surface area contributed by atoms with Crippen LogP contribution in [-0.2, 0) is 4.79 Å². The van der Waals surface area contributed by atoms with Gasteiger partial charge in [0.15, 0.2) is 5.13 Å². The van der Waals surface area contributed by atoms with E-state index in [0.717, 1.165) is 4.88 Å². The molecule has 0 aliphatic rings. The number of hydrogen-bond donors (Lipinski definition) is 2. The van der Waals surface area contributed by atoms with Crippen LogP contribution in [0.4, 0.5) is 5.13 Å². The number of amides is 1. The molecule has 1 rings (SSSR count). The number of rotatable bonds is 3. The van der Waals surface area contributed by atoms with Crippen molar-refractivity contribution in [2.45, 2.75) is 39.2 Å². The number of hydrogen-bond acceptors (Lipinski definition) is 4. The van der Waals surface area contributed by atoms with Crippen LogP contribution in [0.1, 0.15) is 38.5 Å². The van der Waals surface area contributed by atoms with Gasteiger partial charge >= 0.3 is 0 Å². The fourth-order valence-corrected chi connectivity index (χ4v) is 1.68. The molecule has 0 unspecified atom stereocenters. The fraction of sp³-hybridized carbons (Fsp3) is 0.600. The number of nitrogens with one attached hydrogen (secondary N) is 1. The highest BCUT2D eigenvalue weighted by Gasteiger charge is 2.22. The second-order valence-corrected chi connectivity index (χ2v) is 5.46. The Balaban J connectivity index is 2.70. The van der Waals surface area contributed by atoms with Crippen LogP contribution < -0.4 is 11.1 Å². The van der Waals surface area contributed by atoms with Crippen LogP contribution in [-0.4, -0.2) is 16.4 Å². The fourth-order valence-electron chi connectivity index (χ4n) is 0.870. The molecule has 0 aromatic carbocycles. The van der Waals surface area contributed by atoms with Crippen LogP contribution in [0, 0.1) is 0 Å². The highest BCUT2D eigenvalue weighted by atomic mass is 32.1. The van der Waals surface area contributed by atoms with Crippen molar-refractivity contribution >= 4 is 22.4 Å². The molecule has 15 heavy (non-hydrogen) atoms. The largest absolute Gasteiger partial charge is 0.318 e. The predicted molar refractivity (Wildman–Crippen MR) is 63.1 cm³/mol. The number of thiazole rings is 1. The van der Waals surface area contributed by atoms with Gasteiger partial charge in [-0.2, -0.15) is 0 Å². The Bertz CT molecular complexity index is 352. The molecule has 0 atom stereocenters. The molecule has 0 fully saturated rings. The molecule has 0 saturated heterocycles. The van der Waals surface area contributed by atoms with E-state index in [0.29, 0.717) is 11.0 Å². The van der Waals surface area contributed by atoms with Gasteiger partial charge in [-0.3, -0.25) is 4.79 Å². The number of anilines is 1. The summed E-state index contributed by atoms with van der Waals surface area (Å²) in [5.74, 6) is 0.214. The maximum Gasteiger partial charge on any atom is 0.245 e. The lowest BCUT2D eigenvalue weighted by atomic mass is 10.1. The summed E-state index contributed by atoms with van der Waals surface area (Å²) in [5.41, 5.74) is 4.79. The highest BCUT2D eigenvalue weighted by Crippen LogP contribution is 2.25. The first-order valence-electron chi connectivity index (χ1n) is 4.86. The SMILES string of the molecule is CC(C)c1cnc(NC(=O)C(C)(C)N)s1. The van der Waals surface area contributed by atoms with E-state index in [4.69, 9.17) is 5.73 Å². The normalized spacial score (nSPS) is 11.9. The van der Waals surface area contributed by atoms with Gasteiger partial charge in [-0.05, 0) is 19.8 Å². The molecular weight excluding hydrogens is 210 g/mol. The number of carbonyl (C=O) groups is 1. The van der Waals surface area contributed by atoms with Crippen LogP contribution >= 0.6 is 11.3 Å². The second kappa shape index (κ2) is 4.28. The number of nitrogens with zero attached hydrogens (tertiary/aromatic N) is 1. The Kier molecular flexibility index (Phi) is 3.46. The molecule has 1 aromatic rings. The third-order valence-corrected chi connectivity index (χ3v) is 3.11. The van der Waals surface area contributed by atoms with E-state index in [1.165, 1.54) is 11.3 Å². The van der Waals surface area contributed by atoms with E-state index in [1.807, 2.05) is 0 Å². The van der Waals surface area contributed by atoms with Crippen molar-refractivity contribution in [2.75, 3.05) is 5.32 Å². The number of nitrogens with two attached hydrogens (primary N) is 1. The van der Waals surface area contributed by atoms with Gasteiger partial charge in [-0.1, -0.05) is 13.8 Å². The molecule has 0 spiro atoms.